The van der Waals surface area contributed by atoms with Gasteiger partial charge in [0.2, 0.25) is 0 Å². The van der Waals surface area contributed by atoms with Crippen LogP contribution in [0.5, 0.6) is 0 Å². The Morgan fingerprint density at radius 3 is 0.500 bits per heavy atom. The lowest BCUT2D eigenvalue weighted by Gasteiger charge is -2.13. The van der Waals surface area contributed by atoms with Gasteiger partial charge in [-0.05, 0) is 194 Å². The Hall–Kier alpha value is -12.2. The van der Waals surface area contributed by atoms with Crippen LogP contribution in [-0.4, -0.2) is 123 Å². The first-order valence-electron chi connectivity index (χ1n) is 55.7. The molecule has 0 saturated carbocycles. The zero-order valence-corrected chi connectivity index (χ0v) is 90.0. The van der Waals surface area contributed by atoms with Crippen molar-refractivity contribution in [2.45, 2.75) is 420 Å². The Balaban J connectivity index is 1.44. The minimum Gasteiger partial charge on any atom is -0.464 e. The number of benzene rings is 6. The van der Waals surface area contributed by atoms with Crippen LogP contribution in [0.4, 0.5) is 0 Å². The van der Waals surface area contributed by atoms with Crippen LogP contribution in [0.15, 0.2) is 127 Å². The van der Waals surface area contributed by atoms with Crippen LogP contribution in [0, 0.1) is 59.2 Å². The quantitative estimate of drug-likeness (QED) is 0.0103. The van der Waals surface area contributed by atoms with Crippen molar-refractivity contribution in [3.63, 3.8) is 0 Å². The molecule has 5 atom stereocenters. The van der Waals surface area contributed by atoms with Gasteiger partial charge in [0, 0.05) is 66.8 Å². The third kappa shape index (κ3) is 52.2. The molecule has 20 nitrogen and oxygen atoms in total. The van der Waals surface area contributed by atoms with Gasteiger partial charge >= 0.3 is 29.8 Å². The lowest BCUT2D eigenvalue weighted by molar-refractivity contribution is -0.146. The first kappa shape index (κ1) is 123. The molecule has 6 rings (SSSR count). The van der Waals surface area contributed by atoms with Gasteiger partial charge in [-0.2, -0.15) is 0 Å². The van der Waals surface area contributed by atoms with Crippen LogP contribution >= 0.6 is 0 Å². The molecule has 5 amide bonds. The molecule has 0 unspecified atom stereocenters. The molecule has 0 aliphatic carbocycles. The largest absolute Gasteiger partial charge is 0.464 e. The molecule has 0 aliphatic heterocycles. The van der Waals surface area contributed by atoms with E-state index in [-0.39, 0.29) is 77.5 Å². The maximum Gasteiger partial charge on any atom is 0.328 e. The van der Waals surface area contributed by atoms with E-state index in [1.54, 1.807) is 162 Å². The average Bonchev–Trinajstić information content (AvgIpc) is 0.781. The molecule has 0 aliphatic rings. The third-order valence-corrected chi connectivity index (χ3v) is 26.0. The number of unbranched alkanes of at least 4 members (excludes halogenated alkanes) is 45. The van der Waals surface area contributed by atoms with Crippen molar-refractivity contribution in [3.05, 3.63) is 211 Å². The van der Waals surface area contributed by atoms with Gasteiger partial charge in [0.25, 0.3) is 29.5 Å². The van der Waals surface area contributed by atoms with Crippen LogP contribution in [0.25, 0.3) is 0 Å². The minimum absolute atomic E-state index is 0.245. The van der Waals surface area contributed by atoms with E-state index in [0.717, 1.165) is 128 Å². The van der Waals surface area contributed by atoms with E-state index in [2.05, 4.69) is 120 Å². The number of hydrogen-bond donors (Lipinski definition) is 5. The number of esters is 5. The topological polar surface area (TPSA) is 277 Å². The predicted molar refractivity (Wildman–Crippen MR) is 587 cm³/mol. The molecule has 0 spiro atoms. The molecule has 0 saturated heterocycles. The van der Waals surface area contributed by atoms with Crippen molar-refractivity contribution < 1.29 is 71.6 Å². The van der Waals surface area contributed by atoms with E-state index < -0.39 is 89.6 Å². The number of amides is 5. The summed E-state index contributed by atoms with van der Waals surface area (Å²) in [5.41, 5.74) is 5.03. The number of carbonyl (C=O) groups excluding carboxylic acids is 10. The third-order valence-electron chi connectivity index (χ3n) is 26.0. The minimum atomic E-state index is -0.943. The summed E-state index contributed by atoms with van der Waals surface area (Å²) in [4.78, 5) is 136. The Morgan fingerprint density at radius 2 is 0.336 bits per heavy atom. The van der Waals surface area contributed by atoms with Gasteiger partial charge in [0.1, 0.15) is 30.2 Å². The van der Waals surface area contributed by atoms with Gasteiger partial charge in [-0.25, -0.2) is 24.0 Å². The molecule has 0 aromatic heterocycles. The molecule has 790 valence electrons. The van der Waals surface area contributed by atoms with Crippen molar-refractivity contribution in [1.29, 1.82) is 0 Å². The van der Waals surface area contributed by atoms with Crippen molar-refractivity contribution in [2.24, 2.45) is 0 Å². The van der Waals surface area contributed by atoms with E-state index in [1.165, 1.54) is 193 Å². The van der Waals surface area contributed by atoms with Crippen LogP contribution in [0.1, 0.15) is 498 Å². The lowest BCUT2D eigenvalue weighted by atomic mass is 9.91. The fourth-order valence-electron chi connectivity index (χ4n) is 16.6. The smallest absolute Gasteiger partial charge is 0.328 e. The van der Waals surface area contributed by atoms with Crippen LogP contribution in [0.3, 0.4) is 0 Å². The number of carbonyl (C=O) groups is 10. The summed E-state index contributed by atoms with van der Waals surface area (Å²) in [5, 5.41) is 13.9. The molecule has 0 heterocycles. The van der Waals surface area contributed by atoms with E-state index in [4.69, 9.17) is 23.7 Å². The molecule has 20 heteroatoms. The highest BCUT2D eigenvalue weighted by atomic mass is 16.5. The fourth-order valence-corrected chi connectivity index (χ4v) is 16.6. The fraction of sp³-hybridized carbons (Fsp3) is 0.556. The zero-order chi connectivity index (χ0) is 105. The first-order chi connectivity index (χ1) is 71.1. The second kappa shape index (κ2) is 76.4. The number of nitrogens with one attached hydrogen (secondary N) is 5. The zero-order valence-electron chi connectivity index (χ0n) is 90.0. The molecule has 0 radical (unpaired) electrons. The van der Waals surface area contributed by atoms with E-state index in [0.29, 0.717) is 38.9 Å². The summed E-state index contributed by atoms with van der Waals surface area (Å²) in [5.74, 6) is 28.3. The summed E-state index contributed by atoms with van der Waals surface area (Å²) in [6.45, 7) is 20.3. The maximum absolute atomic E-state index is 13.9. The standard InChI is InChI=1S/C126H171N5O15/c1-11-16-21-26-31-36-41-46-51-56-91-142-122(137)97(6)127-117(132)107-76-61-102(62-77-107)71-86-112-96-113(87-72-103-63-78-108(79-64-103)118(133)128-98(7)123(138)143-92-57-52-47-42-37-32-27-22-17-12-2)115(89-74-105-67-82-110(83-68-105)120(135)130-100(9)125(140)145-94-59-54-49-44-39-34-29-24-19-14-4)116(90-75-106-69-84-111(85-70-106)121(136)131-101(10)126(141)146-95-60-55-50-45-40-35-30-25-20-15-5)114(112)88-73-104-65-80-109(81-66-104)119(134)129-99(8)124(139)144-93-58-53-48-43-38-33-28-23-18-13-3/h61-70,76-85,96-101H,11-60,91-95H2,1-10H3,(H,127,132)(H,128,133)(H,129,134)(H,130,135)(H,131,136)/t97-,98-,99-,100-,101-/m0/s1. The van der Waals surface area contributed by atoms with Gasteiger partial charge in [-0.15, -0.1) is 0 Å². The lowest BCUT2D eigenvalue weighted by Crippen LogP contribution is -2.39. The molecular formula is C126H171N5O15. The Bertz CT molecular complexity index is 4950. The first-order valence-corrected chi connectivity index (χ1v) is 55.7. The second-order valence-corrected chi connectivity index (χ2v) is 39.0. The molecule has 0 bridgehead atoms. The van der Waals surface area contributed by atoms with Crippen molar-refractivity contribution >= 4 is 59.4 Å². The highest BCUT2D eigenvalue weighted by molar-refractivity contribution is 6.00. The Kier molecular flexibility index (Phi) is 64.1. The second-order valence-electron chi connectivity index (χ2n) is 39.0. The van der Waals surface area contributed by atoms with Gasteiger partial charge in [-0.3, -0.25) is 24.0 Å². The van der Waals surface area contributed by atoms with E-state index in [1.807, 2.05) is 0 Å². The van der Waals surface area contributed by atoms with Crippen LogP contribution < -0.4 is 26.6 Å². The van der Waals surface area contributed by atoms with Crippen LogP contribution in [-0.2, 0) is 47.7 Å². The van der Waals surface area contributed by atoms with Gasteiger partial charge in [-0.1, -0.05) is 383 Å². The predicted octanol–water partition coefficient (Wildman–Crippen LogP) is 26.6. The van der Waals surface area contributed by atoms with Gasteiger partial charge in [0.15, 0.2) is 0 Å². The number of rotatable bonds is 70. The summed E-state index contributed by atoms with van der Waals surface area (Å²) in [6, 6.07) is 29.9. The van der Waals surface area contributed by atoms with Gasteiger partial charge in [0.05, 0.1) is 49.7 Å². The summed E-state index contributed by atoms with van der Waals surface area (Å²) < 4.78 is 28.0. The van der Waals surface area contributed by atoms with E-state index >= 15 is 0 Å². The normalized spacial score (nSPS) is 11.8. The molecule has 0 fully saturated rings. The molecule has 6 aromatic rings. The Morgan fingerprint density at radius 1 is 0.192 bits per heavy atom. The molecule has 146 heavy (non-hydrogen) atoms. The number of hydrogen-bond acceptors (Lipinski definition) is 15. The van der Waals surface area contributed by atoms with Crippen molar-refractivity contribution in [3.8, 4) is 59.2 Å². The molecule has 6 aromatic carbocycles. The highest BCUT2D eigenvalue weighted by Crippen LogP contribution is 2.26. The van der Waals surface area contributed by atoms with E-state index in [9.17, 15) is 47.9 Å². The molecular weight excluding hydrogens is 1820 g/mol. The van der Waals surface area contributed by atoms with Crippen LogP contribution in [0.2, 0.25) is 0 Å². The van der Waals surface area contributed by atoms with Crippen molar-refractivity contribution in [1.82, 2.24) is 26.6 Å². The highest BCUT2D eigenvalue weighted by Gasteiger charge is 2.25. The average molecular weight is 2000 g/mol. The molecule has 5 N–H and O–H groups in total. The Labute approximate surface area is 875 Å². The SMILES string of the molecule is CCCCCCCCCCCCOC(=O)[C@H](C)NC(=O)c1ccc(C#Cc2cc(C#Cc3ccc(C(=O)N[C@@H](C)C(=O)OCCCCCCCCCCCC)cc3)c(C#Cc3ccc(C(=O)N[C@@H](C)C(=O)OCCCCCCCCCCCC)cc3)c(C#Cc3ccc(C(=O)N[C@@H](C)C(=O)OCCCCCCCCCCCC)cc3)c2C#Cc2ccc(C(=O)N[C@@H](C)C(=O)OCCCCCCCCCCCC)cc2)cc1. The summed E-state index contributed by atoms with van der Waals surface area (Å²) in [6.07, 6.45) is 56.8. The summed E-state index contributed by atoms with van der Waals surface area (Å²) in [7, 11) is 0. The maximum atomic E-state index is 13.9. The van der Waals surface area contributed by atoms with Crippen molar-refractivity contribution in [2.75, 3.05) is 33.0 Å². The summed E-state index contributed by atoms with van der Waals surface area (Å²) >= 11 is 0. The monoisotopic (exact) mass is 1990 g/mol. The number of ether oxygens (including phenoxy) is 5. The van der Waals surface area contributed by atoms with Gasteiger partial charge < -0.3 is 50.3 Å².